The van der Waals surface area contributed by atoms with Crippen molar-refractivity contribution in [2.45, 2.75) is 44.2 Å². The van der Waals surface area contributed by atoms with Gasteiger partial charge in [0.2, 0.25) is 0 Å². The van der Waals surface area contributed by atoms with Gasteiger partial charge < -0.3 is 14.2 Å². The van der Waals surface area contributed by atoms with Crippen LogP contribution in [0.2, 0.25) is 0 Å². The first-order valence-electron chi connectivity index (χ1n) is 9.33. The van der Waals surface area contributed by atoms with E-state index < -0.39 is 5.54 Å². The largest absolute Gasteiger partial charge is 0.497 e. The van der Waals surface area contributed by atoms with Crippen LogP contribution in [-0.4, -0.2) is 22.5 Å². The zero-order chi connectivity index (χ0) is 19.2. The molecular weight excluding hydrogens is 408 g/mol. The maximum Gasteiger partial charge on any atom is 0.272 e. The quantitative estimate of drug-likeness (QED) is 0.692. The second-order valence-electron chi connectivity index (χ2n) is 7.45. The van der Waals surface area contributed by atoms with Gasteiger partial charge in [-0.15, -0.1) is 0 Å². The summed E-state index contributed by atoms with van der Waals surface area (Å²) < 4.78 is 7.68. The summed E-state index contributed by atoms with van der Waals surface area (Å²) in [7, 11) is 3.48. The molecule has 0 N–H and O–H groups in total. The van der Waals surface area contributed by atoms with Crippen LogP contribution in [0.3, 0.4) is 0 Å². The Morgan fingerprint density at radius 1 is 1.11 bits per heavy atom. The number of aromatic nitrogens is 1. The van der Waals surface area contributed by atoms with Crippen LogP contribution in [0.15, 0.2) is 39.7 Å². The molecule has 1 saturated carbocycles. The number of fused-ring (bicyclic) bond motifs is 2. The number of hydrogen-bond acceptors (Lipinski definition) is 3. The van der Waals surface area contributed by atoms with Gasteiger partial charge in [0.1, 0.15) is 11.4 Å². The van der Waals surface area contributed by atoms with E-state index in [1.165, 1.54) is 0 Å². The first-order valence-corrected chi connectivity index (χ1v) is 10.1. The molecule has 0 bridgehead atoms. The van der Waals surface area contributed by atoms with E-state index in [2.05, 4.69) is 15.9 Å². The van der Waals surface area contributed by atoms with E-state index in [0.29, 0.717) is 22.4 Å². The first kappa shape index (κ1) is 18.3. The van der Waals surface area contributed by atoms with Crippen molar-refractivity contribution in [2.75, 3.05) is 7.11 Å². The zero-order valence-corrected chi connectivity index (χ0v) is 17.2. The van der Waals surface area contributed by atoms with Crippen LogP contribution in [0.25, 0.3) is 0 Å². The monoisotopic (exact) mass is 430 g/mol. The first-order chi connectivity index (χ1) is 13.0. The van der Waals surface area contributed by atoms with Crippen LogP contribution in [0.5, 0.6) is 5.75 Å². The average molecular weight is 431 g/mol. The molecule has 2 aliphatic rings. The Morgan fingerprint density at radius 3 is 2.41 bits per heavy atom. The van der Waals surface area contributed by atoms with Crippen LogP contribution in [-0.2, 0) is 19.1 Å². The number of nitrogens with zero attached hydrogens (tertiary/aromatic N) is 2. The molecule has 1 aliphatic heterocycles. The average Bonchev–Trinajstić information content (AvgIpc) is 2.90. The van der Waals surface area contributed by atoms with Crippen molar-refractivity contribution in [3.63, 3.8) is 0 Å². The fourth-order valence-electron chi connectivity index (χ4n) is 4.62. The van der Waals surface area contributed by atoms with Crippen molar-refractivity contribution >= 4 is 21.8 Å². The Bertz CT molecular complexity index is 943. The van der Waals surface area contributed by atoms with Gasteiger partial charge in [0.05, 0.1) is 22.8 Å². The molecule has 1 spiro atoms. The molecule has 1 fully saturated rings. The van der Waals surface area contributed by atoms with Gasteiger partial charge in [0.25, 0.3) is 5.91 Å². The molecule has 27 heavy (non-hydrogen) atoms. The summed E-state index contributed by atoms with van der Waals surface area (Å²) in [5.74, 6) is 0.739. The Labute approximate surface area is 167 Å². The van der Waals surface area contributed by atoms with E-state index in [1.54, 1.807) is 13.2 Å². The van der Waals surface area contributed by atoms with Crippen LogP contribution in [0.1, 0.15) is 53.7 Å². The van der Waals surface area contributed by atoms with E-state index in [4.69, 9.17) is 4.74 Å². The summed E-state index contributed by atoms with van der Waals surface area (Å²) in [5.41, 5.74) is 1.73. The third kappa shape index (κ3) is 2.81. The van der Waals surface area contributed by atoms with Gasteiger partial charge in [-0.2, -0.15) is 0 Å². The predicted molar refractivity (Wildman–Crippen MR) is 107 cm³/mol. The topological polar surface area (TPSA) is 51.5 Å². The Morgan fingerprint density at radius 2 is 1.78 bits per heavy atom. The molecule has 1 amide bonds. The van der Waals surface area contributed by atoms with Crippen LogP contribution < -0.4 is 10.2 Å². The Hall–Kier alpha value is -2.08. The van der Waals surface area contributed by atoms with Crippen molar-refractivity contribution in [2.24, 2.45) is 7.05 Å². The summed E-state index contributed by atoms with van der Waals surface area (Å²) >= 11 is 3.42. The molecular formula is C21H23BrN2O3. The van der Waals surface area contributed by atoms with Gasteiger partial charge in [-0.05, 0) is 46.5 Å². The fraction of sp³-hybridized carbons (Fsp3) is 0.429. The minimum Gasteiger partial charge on any atom is -0.497 e. The molecule has 6 heteroatoms. The molecule has 2 aromatic rings. The number of ether oxygens (including phenoxy) is 1. The maximum absolute atomic E-state index is 13.4. The summed E-state index contributed by atoms with van der Waals surface area (Å²) in [5, 5.41) is 0. The fourth-order valence-corrected chi connectivity index (χ4v) is 5.00. The molecule has 1 aliphatic carbocycles. The van der Waals surface area contributed by atoms with Gasteiger partial charge in [-0.1, -0.05) is 31.4 Å². The highest BCUT2D eigenvalue weighted by molar-refractivity contribution is 9.10. The lowest BCUT2D eigenvalue weighted by Gasteiger charge is -2.41. The molecule has 5 nitrogen and oxygen atoms in total. The van der Waals surface area contributed by atoms with Crippen molar-refractivity contribution in [3.05, 3.63) is 62.0 Å². The lowest BCUT2D eigenvalue weighted by atomic mass is 9.76. The minimum absolute atomic E-state index is 0.0394. The highest BCUT2D eigenvalue weighted by atomic mass is 79.9. The molecule has 1 aromatic heterocycles. The van der Waals surface area contributed by atoms with Gasteiger partial charge >= 0.3 is 0 Å². The van der Waals surface area contributed by atoms with Crippen molar-refractivity contribution < 1.29 is 9.53 Å². The highest BCUT2D eigenvalue weighted by Crippen LogP contribution is 2.48. The lowest BCUT2D eigenvalue weighted by Crippen LogP contribution is -2.46. The molecule has 0 radical (unpaired) electrons. The number of carbonyl (C=O) groups excluding carboxylic acids is 1. The summed E-state index contributed by atoms with van der Waals surface area (Å²) in [6.45, 7) is 0.495. The van der Waals surface area contributed by atoms with Crippen molar-refractivity contribution in [3.8, 4) is 5.75 Å². The number of benzene rings is 1. The molecule has 0 saturated heterocycles. The standard InChI is InChI=1S/C21H23BrN2O3/c1-23-17(22)12-16(25)18-19(23)20(26)24(21(18)10-4-3-5-11-21)13-14-6-8-15(27-2)9-7-14/h6-9,12H,3-5,10-11,13H2,1-2H3. The third-order valence-corrected chi connectivity index (χ3v) is 6.76. The highest BCUT2D eigenvalue weighted by Gasteiger charge is 2.52. The van der Waals surface area contributed by atoms with Gasteiger partial charge in [0.15, 0.2) is 5.43 Å². The van der Waals surface area contributed by atoms with Gasteiger partial charge in [-0.3, -0.25) is 9.59 Å². The second-order valence-corrected chi connectivity index (χ2v) is 8.26. The van der Waals surface area contributed by atoms with Crippen LogP contribution >= 0.6 is 15.9 Å². The normalized spacial score (nSPS) is 18.0. The number of carbonyl (C=O) groups is 1. The maximum atomic E-state index is 13.4. The van der Waals surface area contributed by atoms with E-state index in [1.807, 2.05) is 40.8 Å². The Balaban J connectivity index is 1.83. The molecule has 1 aromatic carbocycles. The predicted octanol–water partition coefficient (Wildman–Crippen LogP) is 3.97. The molecule has 0 unspecified atom stereocenters. The second kappa shape index (κ2) is 6.82. The minimum atomic E-state index is -0.486. The molecule has 0 atom stereocenters. The van der Waals surface area contributed by atoms with Crippen LogP contribution in [0, 0.1) is 0 Å². The van der Waals surface area contributed by atoms with E-state index >= 15 is 0 Å². The van der Waals surface area contributed by atoms with E-state index in [9.17, 15) is 9.59 Å². The van der Waals surface area contributed by atoms with Crippen molar-refractivity contribution in [1.82, 2.24) is 9.47 Å². The molecule has 2 heterocycles. The lowest BCUT2D eigenvalue weighted by molar-refractivity contribution is 0.0381. The number of pyridine rings is 1. The number of rotatable bonds is 3. The SMILES string of the molecule is COc1ccc(CN2C(=O)c3c(c(=O)cc(Br)n3C)C23CCCCC3)cc1. The Kier molecular flexibility index (Phi) is 4.62. The molecule has 4 rings (SSSR count). The number of halogens is 1. The number of amides is 1. The zero-order valence-electron chi connectivity index (χ0n) is 15.6. The number of hydrogen-bond donors (Lipinski definition) is 0. The van der Waals surface area contributed by atoms with Gasteiger partial charge in [-0.25, -0.2) is 0 Å². The number of methoxy groups -OCH3 is 1. The summed E-state index contributed by atoms with van der Waals surface area (Å²) in [6, 6.07) is 9.39. The van der Waals surface area contributed by atoms with Gasteiger partial charge in [0, 0.05) is 19.7 Å². The van der Waals surface area contributed by atoms with Crippen LogP contribution in [0.4, 0.5) is 0 Å². The summed E-state index contributed by atoms with van der Waals surface area (Å²) in [6.07, 6.45) is 4.91. The smallest absolute Gasteiger partial charge is 0.272 e. The van der Waals surface area contributed by atoms with Crippen molar-refractivity contribution in [1.29, 1.82) is 0 Å². The third-order valence-electron chi connectivity index (χ3n) is 6.00. The molecule has 142 valence electrons. The summed E-state index contributed by atoms with van der Waals surface area (Å²) in [4.78, 5) is 28.3. The van der Waals surface area contributed by atoms with E-state index in [0.717, 1.165) is 43.4 Å². The van der Waals surface area contributed by atoms with E-state index in [-0.39, 0.29) is 11.3 Å².